The SMILES string of the molecule is CCC(Cc1ccccc1)N(CC)Cc1ccc(C(=O)O)cc1. The Balaban J connectivity index is 2.06. The van der Waals surface area contributed by atoms with Gasteiger partial charge in [-0.3, -0.25) is 4.90 Å². The zero-order valence-corrected chi connectivity index (χ0v) is 13.9. The van der Waals surface area contributed by atoms with E-state index in [9.17, 15) is 4.79 Å². The zero-order chi connectivity index (χ0) is 16.7. The van der Waals surface area contributed by atoms with E-state index in [1.165, 1.54) is 5.56 Å². The van der Waals surface area contributed by atoms with Gasteiger partial charge in [-0.15, -0.1) is 0 Å². The Hall–Kier alpha value is -2.13. The molecule has 2 aromatic rings. The molecule has 0 aliphatic rings. The van der Waals surface area contributed by atoms with E-state index in [4.69, 9.17) is 5.11 Å². The lowest BCUT2D eigenvalue weighted by atomic mass is 10.0. The molecule has 0 fully saturated rings. The summed E-state index contributed by atoms with van der Waals surface area (Å²) < 4.78 is 0. The molecule has 0 aliphatic carbocycles. The van der Waals surface area contributed by atoms with E-state index in [1.54, 1.807) is 12.1 Å². The molecule has 2 aromatic carbocycles. The van der Waals surface area contributed by atoms with Crippen molar-refractivity contribution in [3.63, 3.8) is 0 Å². The topological polar surface area (TPSA) is 40.5 Å². The normalized spacial score (nSPS) is 12.3. The van der Waals surface area contributed by atoms with Crippen LogP contribution in [0.15, 0.2) is 54.6 Å². The molecule has 1 N–H and O–H groups in total. The van der Waals surface area contributed by atoms with Gasteiger partial charge >= 0.3 is 5.97 Å². The molecule has 1 unspecified atom stereocenters. The average Bonchev–Trinajstić information content (AvgIpc) is 2.59. The summed E-state index contributed by atoms with van der Waals surface area (Å²) in [6, 6.07) is 18.3. The van der Waals surface area contributed by atoms with Crippen LogP contribution >= 0.6 is 0 Å². The molecule has 0 heterocycles. The molecule has 0 aromatic heterocycles. The van der Waals surface area contributed by atoms with Gasteiger partial charge in [0.15, 0.2) is 0 Å². The maximum atomic E-state index is 10.9. The molecule has 3 heteroatoms. The number of carboxylic acid groups (broad SMARTS) is 1. The van der Waals surface area contributed by atoms with Crippen LogP contribution in [-0.4, -0.2) is 28.6 Å². The Morgan fingerprint density at radius 2 is 1.65 bits per heavy atom. The van der Waals surface area contributed by atoms with Crippen molar-refractivity contribution in [3.8, 4) is 0 Å². The highest BCUT2D eigenvalue weighted by molar-refractivity contribution is 5.87. The van der Waals surface area contributed by atoms with Crippen molar-refractivity contribution in [1.29, 1.82) is 0 Å². The van der Waals surface area contributed by atoms with Crippen LogP contribution in [0.25, 0.3) is 0 Å². The summed E-state index contributed by atoms with van der Waals surface area (Å²) in [6.07, 6.45) is 2.13. The zero-order valence-electron chi connectivity index (χ0n) is 13.9. The Bertz CT molecular complexity index is 607. The number of benzene rings is 2. The molecule has 23 heavy (non-hydrogen) atoms. The molecule has 122 valence electrons. The van der Waals surface area contributed by atoms with Crippen molar-refractivity contribution in [2.24, 2.45) is 0 Å². The highest BCUT2D eigenvalue weighted by Crippen LogP contribution is 2.16. The van der Waals surface area contributed by atoms with Crippen molar-refractivity contribution in [1.82, 2.24) is 4.90 Å². The average molecular weight is 311 g/mol. The summed E-state index contributed by atoms with van der Waals surface area (Å²) in [7, 11) is 0. The van der Waals surface area contributed by atoms with Gasteiger partial charge in [0.1, 0.15) is 0 Å². The summed E-state index contributed by atoms with van der Waals surface area (Å²) in [5, 5.41) is 8.98. The van der Waals surface area contributed by atoms with Gasteiger partial charge in [0.05, 0.1) is 5.56 Å². The van der Waals surface area contributed by atoms with Gasteiger partial charge in [-0.2, -0.15) is 0 Å². The van der Waals surface area contributed by atoms with Crippen molar-refractivity contribution < 1.29 is 9.90 Å². The molecule has 1 atom stereocenters. The Morgan fingerprint density at radius 1 is 1.00 bits per heavy atom. The fourth-order valence-corrected chi connectivity index (χ4v) is 2.90. The van der Waals surface area contributed by atoms with Gasteiger partial charge in [0.25, 0.3) is 0 Å². The molecule has 0 saturated heterocycles. The number of carboxylic acids is 1. The molecule has 0 spiro atoms. The number of likely N-dealkylation sites (N-methyl/N-ethyl adjacent to an activating group) is 1. The van der Waals surface area contributed by atoms with Gasteiger partial charge < -0.3 is 5.11 Å². The van der Waals surface area contributed by atoms with Gasteiger partial charge in [0.2, 0.25) is 0 Å². The summed E-state index contributed by atoms with van der Waals surface area (Å²) in [6.45, 7) is 6.23. The number of aromatic carboxylic acids is 1. The molecule has 0 radical (unpaired) electrons. The van der Waals surface area contributed by atoms with Crippen molar-refractivity contribution in [3.05, 3.63) is 71.3 Å². The van der Waals surface area contributed by atoms with Crippen LogP contribution in [0.1, 0.15) is 41.8 Å². The van der Waals surface area contributed by atoms with Gasteiger partial charge in [0, 0.05) is 12.6 Å². The quantitative estimate of drug-likeness (QED) is 0.793. The fraction of sp³-hybridized carbons (Fsp3) is 0.350. The van der Waals surface area contributed by atoms with Crippen LogP contribution in [-0.2, 0) is 13.0 Å². The van der Waals surface area contributed by atoms with Crippen LogP contribution in [0.4, 0.5) is 0 Å². The maximum absolute atomic E-state index is 10.9. The Labute approximate surface area is 138 Å². The second-order valence-electron chi connectivity index (χ2n) is 5.82. The van der Waals surface area contributed by atoms with Crippen LogP contribution in [0.5, 0.6) is 0 Å². The summed E-state index contributed by atoms with van der Waals surface area (Å²) in [5.41, 5.74) is 2.86. The molecule has 3 nitrogen and oxygen atoms in total. The van der Waals surface area contributed by atoms with Gasteiger partial charge in [-0.1, -0.05) is 56.3 Å². The number of hydrogen-bond acceptors (Lipinski definition) is 2. The van der Waals surface area contributed by atoms with E-state index in [0.29, 0.717) is 11.6 Å². The number of carbonyl (C=O) groups is 1. The molecule has 2 rings (SSSR count). The van der Waals surface area contributed by atoms with Crippen molar-refractivity contribution in [2.45, 2.75) is 39.3 Å². The Kier molecular flexibility index (Phi) is 6.36. The molecule has 0 saturated carbocycles. The summed E-state index contributed by atoms with van der Waals surface area (Å²) in [5.74, 6) is -0.876. The third kappa shape index (κ3) is 4.93. The molecule has 0 aliphatic heterocycles. The highest BCUT2D eigenvalue weighted by Gasteiger charge is 2.16. The van der Waals surface area contributed by atoms with Crippen LogP contribution < -0.4 is 0 Å². The first-order valence-electron chi connectivity index (χ1n) is 8.24. The standard InChI is InChI=1S/C20H25NO2/c1-3-19(14-16-8-6-5-7-9-16)21(4-2)15-17-10-12-18(13-11-17)20(22)23/h5-13,19H,3-4,14-15H2,1-2H3,(H,22,23). The molecule has 0 amide bonds. The molecular weight excluding hydrogens is 286 g/mol. The second-order valence-corrected chi connectivity index (χ2v) is 5.82. The van der Waals surface area contributed by atoms with Gasteiger partial charge in [-0.25, -0.2) is 4.79 Å². The number of nitrogens with zero attached hydrogens (tertiary/aromatic N) is 1. The number of hydrogen-bond donors (Lipinski definition) is 1. The maximum Gasteiger partial charge on any atom is 0.335 e. The minimum Gasteiger partial charge on any atom is -0.478 e. The van der Waals surface area contributed by atoms with E-state index in [-0.39, 0.29) is 0 Å². The molecule has 0 bridgehead atoms. The first-order chi connectivity index (χ1) is 11.1. The highest BCUT2D eigenvalue weighted by atomic mass is 16.4. The number of rotatable bonds is 8. The first kappa shape index (κ1) is 17.2. The van der Waals surface area contributed by atoms with Crippen molar-refractivity contribution in [2.75, 3.05) is 6.54 Å². The smallest absolute Gasteiger partial charge is 0.335 e. The van der Waals surface area contributed by atoms with E-state index in [2.05, 4.69) is 43.0 Å². The van der Waals surface area contributed by atoms with Crippen molar-refractivity contribution >= 4 is 5.97 Å². The summed E-state index contributed by atoms with van der Waals surface area (Å²) in [4.78, 5) is 13.4. The predicted molar refractivity (Wildman–Crippen MR) is 93.7 cm³/mol. The minimum absolute atomic E-state index is 0.341. The first-order valence-corrected chi connectivity index (χ1v) is 8.24. The third-order valence-electron chi connectivity index (χ3n) is 4.29. The van der Waals surface area contributed by atoms with E-state index < -0.39 is 5.97 Å². The largest absolute Gasteiger partial charge is 0.478 e. The summed E-state index contributed by atoms with van der Waals surface area (Å²) >= 11 is 0. The third-order valence-corrected chi connectivity index (χ3v) is 4.29. The molecular formula is C20H25NO2. The van der Waals surface area contributed by atoms with Crippen LogP contribution in [0, 0.1) is 0 Å². The second kappa shape index (κ2) is 8.49. The lowest BCUT2D eigenvalue weighted by Crippen LogP contribution is -2.35. The van der Waals surface area contributed by atoms with Crippen LogP contribution in [0.3, 0.4) is 0 Å². The van der Waals surface area contributed by atoms with E-state index >= 15 is 0 Å². The lowest BCUT2D eigenvalue weighted by molar-refractivity contribution is 0.0697. The Morgan fingerprint density at radius 3 is 2.17 bits per heavy atom. The predicted octanol–water partition coefficient (Wildman–Crippen LogP) is 4.23. The monoisotopic (exact) mass is 311 g/mol. The minimum atomic E-state index is -0.876. The van der Waals surface area contributed by atoms with Crippen LogP contribution in [0.2, 0.25) is 0 Å². The van der Waals surface area contributed by atoms with E-state index in [0.717, 1.165) is 31.5 Å². The van der Waals surface area contributed by atoms with E-state index in [1.807, 2.05) is 18.2 Å². The van der Waals surface area contributed by atoms with Gasteiger partial charge in [-0.05, 0) is 42.6 Å². The lowest BCUT2D eigenvalue weighted by Gasteiger charge is -2.30. The fourth-order valence-electron chi connectivity index (χ4n) is 2.90.